The summed E-state index contributed by atoms with van der Waals surface area (Å²) in [6, 6.07) is 0. The van der Waals surface area contributed by atoms with Crippen LogP contribution in [0.4, 0.5) is 0 Å². The number of aryl methyl sites for hydroxylation is 1. The number of H-pyrrole nitrogens is 1. The molecule has 21 heavy (non-hydrogen) atoms. The quantitative estimate of drug-likeness (QED) is 0.604. The van der Waals surface area contributed by atoms with E-state index in [4.69, 9.17) is 4.74 Å². The first kappa shape index (κ1) is 16.4. The lowest BCUT2D eigenvalue weighted by molar-refractivity contribution is 0.0322. The van der Waals surface area contributed by atoms with Gasteiger partial charge in [0.1, 0.15) is 5.82 Å². The number of nitrogens with zero attached hydrogens (tertiary/aromatic N) is 1. The largest absolute Gasteiger partial charge is 0.378 e. The Labute approximate surface area is 125 Å². The number of aromatic amines is 1. The molecule has 0 bridgehead atoms. The predicted octanol–water partition coefficient (Wildman–Crippen LogP) is 0.409. The normalized spacial score (nSPS) is 17.2. The van der Waals surface area contributed by atoms with Gasteiger partial charge in [-0.3, -0.25) is 0 Å². The second-order valence-electron chi connectivity index (χ2n) is 5.12. The monoisotopic (exact) mass is 316 g/mol. The van der Waals surface area contributed by atoms with Gasteiger partial charge in [-0.2, -0.15) is 0 Å². The van der Waals surface area contributed by atoms with E-state index >= 15 is 0 Å². The number of aromatic nitrogens is 2. The zero-order valence-corrected chi connectivity index (χ0v) is 13.2. The van der Waals surface area contributed by atoms with Gasteiger partial charge >= 0.3 is 0 Å². The first-order valence-corrected chi connectivity index (χ1v) is 8.96. The van der Waals surface area contributed by atoms with Crippen LogP contribution in [0.15, 0.2) is 11.2 Å². The van der Waals surface area contributed by atoms with Gasteiger partial charge in [-0.05, 0) is 32.4 Å². The van der Waals surface area contributed by atoms with Gasteiger partial charge in [0.15, 0.2) is 5.03 Å². The lowest BCUT2D eigenvalue weighted by Crippen LogP contribution is -2.33. The second kappa shape index (κ2) is 7.88. The fourth-order valence-electron chi connectivity index (χ4n) is 2.23. The highest BCUT2D eigenvalue weighted by Gasteiger charge is 2.16. The summed E-state index contributed by atoms with van der Waals surface area (Å²) in [4.78, 5) is 6.80. The summed E-state index contributed by atoms with van der Waals surface area (Å²) in [5.74, 6) is 0.671. The number of hydrogen-bond donors (Lipinski definition) is 3. The van der Waals surface area contributed by atoms with E-state index in [2.05, 4.69) is 20.0 Å². The molecule has 8 heteroatoms. The van der Waals surface area contributed by atoms with Crippen molar-refractivity contribution < 1.29 is 13.2 Å². The molecule has 1 aliphatic heterocycles. The van der Waals surface area contributed by atoms with Crippen LogP contribution >= 0.6 is 0 Å². The molecule has 1 fully saturated rings. The molecular weight excluding hydrogens is 292 g/mol. The average molecular weight is 316 g/mol. The lowest BCUT2D eigenvalue weighted by atomic mass is 10.1. The minimum atomic E-state index is -3.49. The highest BCUT2D eigenvalue weighted by Crippen LogP contribution is 2.08. The Kier molecular flexibility index (Phi) is 6.16. The zero-order chi connectivity index (χ0) is 15.1. The summed E-state index contributed by atoms with van der Waals surface area (Å²) < 4.78 is 32.3. The first-order valence-electron chi connectivity index (χ1n) is 7.47. The van der Waals surface area contributed by atoms with Crippen molar-refractivity contribution in [1.82, 2.24) is 20.0 Å². The van der Waals surface area contributed by atoms with Gasteiger partial charge in [0, 0.05) is 19.6 Å². The molecule has 120 valence electrons. The zero-order valence-electron chi connectivity index (χ0n) is 12.4. The molecule has 1 aromatic heterocycles. The van der Waals surface area contributed by atoms with Crippen LogP contribution in [-0.4, -0.2) is 50.7 Å². The lowest BCUT2D eigenvalue weighted by Gasteiger charge is -2.22. The number of ether oxygens (including phenoxy) is 1. The van der Waals surface area contributed by atoms with Crippen LogP contribution in [0.5, 0.6) is 0 Å². The molecule has 0 atom stereocenters. The third-order valence-corrected chi connectivity index (χ3v) is 4.85. The van der Waals surface area contributed by atoms with E-state index in [1.165, 1.54) is 6.20 Å². The van der Waals surface area contributed by atoms with Crippen molar-refractivity contribution in [3.8, 4) is 0 Å². The van der Waals surface area contributed by atoms with Gasteiger partial charge in [-0.25, -0.2) is 18.1 Å². The van der Waals surface area contributed by atoms with Crippen LogP contribution in [0.25, 0.3) is 0 Å². The van der Waals surface area contributed by atoms with E-state index in [-0.39, 0.29) is 5.03 Å². The van der Waals surface area contributed by atoms with Gasteiger partial charge in [-0.15, -0.1) is 0 Å². The highest BCUT2D eigenvalue weighted by molar-refractivity contribution is 7.89. The van der Waals surface area contributed by atoms with Crippen LogP contribution in [0, 0.1) is 0 Å². The highest BCUT2D eigenvalue weighted by atomic mass is 32.2. The number of nitrogens with one attached hydrogen (secondary N) is 3. The molecule has 0 saturated carbocycles. The number of hydrogen-bond acceptors (Lipinski definition) is 5. The number of rotatable bonds is 8. The summed E-state index contributed by atoms with van der Waals surface area (Å²) in [6.07, 6.45) is 5.06. The Hall–Kier alpha value is -0.960. The topological polar surface area (TPSA) is 96.1 Å². The fourth-order valence-corrected chi connectivity index (χ4v) is 3.24. The Morgan fingerprint density at radius 1 is 1.43 bits per heavy atom. The molecule has 1 saturated heterocycles. The van der Waals surface area contributed by atoms with Gasteiger partial charge in [0.05, 0.1) is 12.3 Å². The molecule has 2 rings (SSSR count). The predicted molar refractivity (Wildman–Crippen MR) is 79.6 cm³/mol. The van der Waals surface area contributed by atoms with E-state index in [1.54, 1.807) is 0 Å². The summed E-state index contributed by atoms with van der Waals surface area (Å²) in [6.45, 7) is 4.86. The number of piperidine rings is 1. The molecule has 0 amide bonds. The number of sulfonamides is 1. The van der Waals surface area contributed by atoms with E-state index in [9.17, 15) is 8.42 Å². The molecule has 7 nitrogen and oxygen atoms in total. The molecule has 0 aliphatic carbocycles. The molecular formula is C13H24N4O3S. The van der Waals surface area contributed by atoms with Crippen molar-refractivity contribution >= 4 is 10.0 Å². The average Bonchev–Trinajstić information content (AvgIpc) is 2.98. The molecule has 1 aromatic rings. The van der Waals surface area contributed by atoms with E-state index < -0.39 is 10.0 Å². The van der Waals surface area contributed by atoms with Crippen LogP contribution in [-0.2, 0) is 21.2 Å². The first-order chi connectivity index (χ1) is 10.1. The number of imidazole rings is 1. The Bertz CT molecular complexity index is 523. The molecule has 2 heterocycles. The van der Waals surface area contributed by atoms with Gasteiger partial charge in [-0.1, -0.05) is 6.92 Å². The molecule has 3 N–H and O–H groups in total. The Morgan fingerprint density at radius 3 is 2.86 bits per heavy atom. The molecule has 0 spiro atoms. The van der Waals surface area contributed by atoms with Crippen molar-refractivity contribution in [1.29, 1.82) is 0 Å². The van der Waals surface area contributed by atoms with Crippen molar-refractivity contribution in [3.05, 3.63) is 12.0 Å². The minimum absolute atomic E-state index is 0.124. The summed E-state index contributed by atoms with van der Waals surface area (Å²) in [5, 5.41) is 3.40. The van der Waals surface area contributed by atoms with Gasteiger partial charge in [0.25, 0.3) is 10.0 Å². The van der Waals surface area contributed by atoms with Crippen molar-refractivity contribution in [2.75, 3.05) is 26.2 Å². The summed E-state index contributed by atoms with van der Waals surface area (Å²) in [5.41, 5.74) is 0. The maximum Gasteiger partial charge on any atom is 0.257 e. The van der Waals surface area contributed by atoms with Crippen LogP contribution < -0.4 is 10.0 Å². The minimum Gasteiger partial charge on any atom is -0.378 e. The summed E-state index contributed by atoms with van der Waals surface area (Å²) >= 11 is 0. The third kappa shape index (κ3) is 5.06. The van der Waals surface area contributed by atoms with Gasteiger partial charge in [0.2, 0.25) is 0 Å². The Morgan fingerprint density at radius 2 is 2.19 bits per heavy atom. The smallest absolute Gasteiger partial charge is 0.257 e. The third-order valence-electron chi connectivity index (χ3n) is 3.48. The molecule has 0 unspecified atom stereocenters. The maximum atomic E-state index is 12.0. The van der Waals surface area contributed by atoms with Crippen LogP contribution in [0.3, 0.4) is 0 Å². The van der Waals surface area contributed by atoms with Gasteiger partial charge < -0.3 is 15.0 Å². The standard InChI is InChI=1S/C13H24N4O3S/c1-2-12-15-10-13(17-12)21(18,19)16-6-3-9-20-11-4-7-14-8-5-11/h10-11,14,16H,2-9H2,1H3,(H,15,17). The van der Waals surface area contributed by atoms with Crippen LogP contribution in [0.2, 0.25) is 0 Å². The van der Waals surface area contributed by atoms with Crippen molar-refractivity contribution in [2.45, 2.75) is 43.7 Å². The van der Waals surface area contributed by atoms with E-state index in [0.717, 1.165) is 25.9 Å². The fraction of sp³-hybridized carbons (Fsp3) is 0.769. The van der Waals surface area contributed by atoms with Crippen molar-refractivity contribution in [2.24, 2.45) is 0 Å². The SMILES string of the molecule is CCc1ncc(S(=O)(=O)NCCCOC2CCNCC2)[nH]1. The Balaban J connectivity index is 1.67. The second-order valence-corrected chi connectivity index (χ2v) is 6.85. The van der Waals surface area contributed by atoms with E-state index in [0.29, 0.717) is 37.9 Å². The van der Waals surface area contributed by atoms with E-state index in [1.807, 2.05) is 6.92 Å². The maximum absolute atomic E-state index is 12.0. The molecule has 0 radical (unpaired) electrons. The molecule has 0 aromatic carbocycles. The van der Waals surface area contributed by atoms with Crippen LogP contribution in [0.1, 0.15) is 32.0 Å². The molecule has 1 aliphatic rings. The summed E-state index contributed by atoms with van der Waals surface area (Å²) in [7, 11) is -3.49. The van der Waals surface area contributed by atoms with Crippen molar-refractivity contribution in [3.63, 3.8) is 0 Å².